The van der Waals surface area contributed by atoms with E-state index in [4.69, 9.17) is 9.47 Å². The van der Waals surface area contributed by atoms with Crippen LogP contribution in [0.15, 0.2) is 36.7 Å². The van der Waals surface area contributed by atoms with Gasteiger partial charge >= 0.3 is 0 Å². The Morgan fingerprint density at radius 1 is 1.44 bits per heavy atom. The van der Waals surface area contributed by atoms with Crippen molar-refractivity contribution in [3.8, 4) is 5.75 Å². The standard InChI is InChI=1S/C18H24FN3O3/c1-2-22-11-15(9-20-22)10-21-6-7-24-13-18(23,12-21)14-25-17-5-3-4-16(19)8-17/h3-5,8-9,11,23H,2,6-7,10,12-14H2,1H3/t18-/m1/s1. The summed E-state index contributed by atoms with van der Waals surface area (Å²) in [7, 11) is 0. The molecule has 0 unspecified atom stereocenters. The molecular formula is C18H24FN3O3. The zero-order valence-electron chi connectivity index (χ0n) is 14.4. The molecule has 1 atom stereocenters. The summed E-state index contributed by atoms with van der Waals surface area (Å²) in [6.45, 7) is 5.47. The number of aryl methyl sites for hydroxylation is 1. The minimum Gasteiger partial charge on any atom is -0.490 e. The van der Waals surface area contributed by atoms with Gasteiger partial charge in [-0.2, -0.15) is 5.10 Å². The van der Waals surface area contributed by atoms with E-state index in [2.05, 4.69) is 10.00 Å². The van der Waals surface area contributed by atoms with Crippen LogP contribution in [0.1, 0.15) is 12.5 Å². The molecule has 2 heterocycles. The molecule has 1 aliphatic rings. The van der Waals surface area contributed by atoms with Crippen molar-refractivity contribution in [1.82, 2.24) is 14.7 Å². The third kappa shape index (κ3) is 5.01. The van der Waals surface area contributed by atoms with E-state index in [0.717, 1.165) is 18.7 Å². The molecular weight excluding hydrogens is 325 g/mol. The van der Waals surface area contributed by atoms with E-state index in [-0.39, 0.29) is 19.0 Å². The highest BCUT2D eigenvalue weighted by atomic mass is 19.1. The van der Waals surface area contributed by atoms with Gasteiger partial charge in [0.15, 0.2) is 0 Å². The number of hydrogen-bond donors (Lipinski definition) is 1. The number of aromatic nitrogens is 2. The monoisotopic (exact) mass is 349 g/mol. The lowest BCUT2D eigenvalue weighted by molar-refractivity contribution is -0.0647. The molecule has 7 heteroatoms. The van der Waals surface area contributed by atoms with Crippen molar-refractivity contribution in [1.29, 1.82) is 0 Å². The summed E-state index contributed by atoms with van der Waals surface area (Å²) in [5.74, 6) is 0.0320. The van der Waals surface area contributed by atoms with Gasteiger partial charge in [0.05, 0.1) is 19.4 Å². The Morgan fingerprint density at radius 2 is 2.32 bits per heavy atom. The maximum absolute atomic E-state index is 13.2. The van der Waals surface area contributed by atoms with Crippen LogP contribution in [0.4, 0.5) is 4.39 Å². The molecule has 136 valence electrons. The van der Waals surface area contributed by atoms with E-state index >= 15 is 0 Å². The highest BCUT2D eigenvalue weighted by Crippen LogP contribution is 2.18. The van der Waals surface area contributed by atoms with Gasteiger partial charge < -0.3 is 14.6 Å². The molecule has 0 amide bonds. The van der Waals surface area contributed by atoms with Gasteiger partial charge in [0, 0.05) is 44.0 Å². The van der Waals surface area contributed by atoms with Crippen LogP contribution in [0.2, 0.25) is 0 Å². The normalized spacial score (nSPS) is 21.9. The zero-order valence-corrected chi connectivity index (χ0v) is 14.4. The van der Waals surface area contributed by atoms with Crippen molar-refractivity contribution in [3.05, 3.63) is 48.0 Å². The fourth-order valence-corrected chi connectivity index (χ4v) is 2.91. The first-order chi connectivity index (χ1) is 12.1. The third-order valence-electron chi connectivity index (χ3n) is 4.16. The zero-order chi connectivity index (χ0) is 17.7. The SMILES string of the molecule is CCn1cc(CN2CCOC[C@@](O)(COc3cccc(F)c3)C2)cn1. The quantitative estimate of drug-likeness (QED) is 0.860. The van der Waals surface area contributed by atoms with Gasteiger partial charge in [0.1, 0.15) is 23.8 Å². The molecule has 0 radical (unpaired) electrons. The predicted molar refractivity (Wildman–Crippen MR) is 90.8 cm³/mol. The highest BCUT2D eigenvalue weighted by molar-refractivity contribution is 5.22. The van der Waals surface area contributed by atoms with Crippen LogP contribution < -0.4 is 4.74 Å². The molecule has 0 aliphatic carbocycles. The average Bonchev–Trinajstić information content (AvgIpc) is 2.96. The fraction of sp³-hybridized carbons (Fsp3) is 0.500. The van der Waals surface area contributed by atoms with E-state index in [0.29, 0.717) is 25.4 Å². The predicted octanol–water partition coefficient (Wildman–Crippen LogP) is 1.68. The minimum absolute atomic E-state index is 0.0428. The number of ether oxygens (including phenoxy) is 2. The van der Waals surface area contributed by atoms with Crippen molar-refractivity contribution in [2.24, 2.45) is 0 Å². The average molecular weight is 349 g/mol. The maximum Gasteiger partial charge on any atom is 0.134 e. The Morgan fingerprint density at radius 3 is 3.08 bits per heavy atom. The Labute approximate surface area is 146 Å². The first-order valence-corrected chi connectivity index (χ1v) is 8.48. The number of β-amino-alcohol motifs (C(OH)–C–C–N with tert-alkyl or cyclic N) is 1. The molecule has 1 aliphatic heterocycles. The van der Waals surface area contributed by atoms with Crippen LogP contribution in [0.25, 0.3) is 0 Å². The van der Waals surface area contributed by atoms with Crippen molar-refractivity contribution >= 4 is 0 Å². The number of nitrogens with zero attached hydrogens (tertiary/aromatic N) is 3. The lowest BCUT2D eigenvalue weighted by atomic mass is 10.1. The van der Waals surface area contributed by atoms with Gasteiger partial charge in [-0.15, -0.1) is 0 Å². The Balaban J connectivity index is 1.61. The molecule has 0 saturated carbocycles. The molecule has 2 aromatic rings. The summed E-state index contributed by atoms with van der Waals surface area (Å²) in [6.07, 6.45) is 3.85. The van der Waals surface area contributed by atoms with Crippen LogP contribution in [-0.4, -0.2) is 58.3 Å². The topological polar surface area (TPSA) is 59.8 Å². The summed E-state index contributed by atoms with van der Waals surface area (Å²) in [6, 6.07) is 5.91. The van der Waals surface area contributed by atoms with Crippen molar-refractivity contribution in [3.63, 3.8) is 0 Å². The number of halogens is 1. The molecule has 6 nitrogen and oxygen atoms in total. The Hall–Kier alpha value is -1.96. The molecule has 0 spiro atoms. The van der Waals surface area contributed by atoms with E-state index in [1.54, 1.807) is 12.1 Å². The van der Waals surface area contributed by atoms with Crippen LogP contribution >= 0.6 is 0 Å². The molecule has 25 heavy (non-hydrogen) atoms. The van der Waals surface area contributed by atoms with E-state index < -0.39 is 5.60 Å². The minimum atomic E-state index is -1.15. The lowest BCUT2D eigenvalue weighted by Gasteiger charge is -2.30. The van der Waals surface area contributed by atoms with Crippen LogP contribution in [0.3, 0.4) is 0 Å². The summed E-state index contributed by atoms with van der Waals surface area (Å²) < 4.78 is 26.3. The first-order valence-electron chi connectivity index (χ1n) is 8.48. The molecule has 1 aromatic carbocycles. The molecule has 1 fully saturated rings. The Bertz CT molecular complexity index is 694. The number of benzene rings is 1. The van der Waals surface area contributed by atoms with E-state index in [9.17, 15) is 9.50 Å². The summed E-state index contributed by atoms with van der Waals surface area (Å²) in [4.78, 5) is 2.12. The molecule has 1 aromatic heterocycles. The van der Waals surface area contributed by atoms with Gasteiger partial charge in [0.2, 0.25) is 0 Å². The van der Waals surface area contributed by atoms with Crippen molar-refractivity contribution in [2.75, 3.05) is 32.9 Å². The highest BCUT2D eigenvalue weighted by Gasteiger charge is 2.33. The van der Waals surface area contributed by atoms with E-state index in [1.807, 2.05) is 24.0 Å². The lowest BCUT2D eigenvalue weighted by Crippen LogP contribution is -2.48. The number of hydrogen-bond acceptors (Lipinski definition) is 5. The Kier molecular flexibility index (Phi) is 5.67. The first kappa shape index (κ1) is 17.8. The largest absolute Gasteiger partial charge is 0.490 e. The van der Waals surface area contributed by atoms with Gasteiger partial charge in [-0.05, 0) is 19.1 Å². The van der Waals surface area contributed by atoms with Gasteiger partial charge in [-0.25, -0.2) is 4.39 Å². The second kappa shape index (κ2) is 7.95. The van der Waals surface area contributed by atoms with Crippen molar-refractivity contribution < 1.29 is 19.0 Å². The second-order valence-electron chi connectivity index (χ2n) is 6.44. The van der Waals surface area contributed by atoms with Crippen LogP contribution in [0, 0.1) is 5.82 Å². The smallest absolute Gasteiger partial charge is 0.134 e. The summed E-state index contributed by atoms with van der Waals surface area (Å²) >= 11 is 0. The third-order valence-corrected chi connectivity index (χ3v) is 4.16. The molecule has 1 saturated heterocycles. The summed E-state index contributed by atoms with van der Waals surface area (Å²) in [5, 5.41) is 15.2. The van der Waals surface area contributed by atoms with Gasteiger partial charge in [-0.3, -0.25) is 9.58 Å². The van der Waals surface area contributed by atoms with Crippen LogP contribution in [0.5, 0.6) is 5.75 Å². The molecule has 3 rings (SSSR count). The molecule has 0 bridgehead atoms. The second-order valence-corrected chi connectivity index (χ2v) is 6.44. The van der Waals surface area contributed by atoms with Crippen molar-refractivity contribution in [2.45, 2.75) is 25.6 Å². The van der Waals surface area contributed by atoms with Crippen LogP contribution in [-0.2, 0) is 17.8 Å². The van der Waals surface area contributed by atoms with Gasteiger partial charge in [0.25, 0.3) is 0 Å². The van der Waals surface area contributed by atoms with E-state index in [1.165, 1.54) is 12.1 Å². The fourth-order valence-electron chi connectivity index (χ4n) is 2.91. The number of rotatable bonds is 6. The summed E-state index contributed by atoms with van der Waals surface area (Å²) in [5.41, 5.74) is -0.0547. The number of aliphatic hydroxyl groups is 1. The maximum atomic E-state index is 13.2. The van der Waals surface area contributed by atoms with Gasteiger partial charge in [-0.1, -0.05) is 6.07 Å². The molecule has 1 N–H and O–H groups in total.